The van der Waals surface area contributed by atoms with Crippen LogP contribution in [0.25, 0.3) is 11.3 Å². The lowest BCUT2D eigenvalue weighted by Gasteiger charge is -2.18. The Labute approximate surface area is 174 Å². The van der Waals surface area contributed by atoms with E-state index in [0.717, 1.165) is 34.6 Å². The number of nitrogens with zero attached hydrogens (tertiary/aromatic N) is 3. The Kier molecular flexibility index (Phi) is 5.85. The molecule has 2 aromatic heterocycles. The van der Waals surface area contributed by atoms with Gasteiger partial charge >= 0.3 is 0 Å². The Balaban J connectivity index is 1.90. The summed E-state index contributed by atoms with van der Waals surface area (Å²) in [5, 5.41) is 2.16. The molecule has 29 heavy (non-hydrogen) atoms. The zero-order chi connectivity index (χ0) is 20.2. The number of rotatable bonds is 6. The van der Waals surface area contributed by atoms with Gasteiger partial charge in [0, 0.05) is 23.2 Å². The van der Waals surface area contributed by atoms with Gasteiger partial charge in [0.2, 0.25) is 5.75 Å². The molecule has 1 saturated carbocycles. The van der Waals surface area contributed by atoms with Crippen LogP contribution in [0.2, 0.25) is 0 Å². The molecule has 3 aromatic rings. The molecule has 152 valence electrons. The third-order valence-corrected chi connectivity index (χ3v) is 6.10. The molecular formula is C22H25N3O3S. The lowest BCUT2D eigenvalue weighted by molar-refractivity contribution is 0.324. The standard InChI is InChI=1S/C22H25N3O3S/c1-26-19-11-15(12-20(27-2)21(19)28-3)18-14-29-22(24-16-7-6-10-23-13-16)25(18)17-8-4-5-9-17/h6-7,10-14,17H,4-5,8-9H2,1-3H3. The van der Waals surface area contributed by atoms with Crippen LogP contribution in [0.5, 0.6) is 17.2 Å². The quantitative estimate of drug-likeness (QED) is 0.574. The van der Waals surface area contributed by atoms with Crippen molar-refractivity contribution in [3.05, 3.63) is 46.8 Å². The highest BCUT2D eigenvalue weighted by Crippen LogP contribution is 2.42. The number of pyridine rings is 1. The van der Waals surface area contributed by atoms with Crippen molar-refractivity contribution in [1.82, 2.24) is 9.55 Å². The Morgan fingerprint density at radius 3 is 2.38 bits per heavy atom. The van der Waals surface area contributed by atoms with Crippen LogP contribution in [0.4, 0.5) is 5.69 Å². The number of hydrogen-bond acceptors (Lipinski definition) is 6. The summed E-state index contributed by atoms with van der Waals surface area (Å²) in [6, 6.07) is 8.33. The second-order valence-electron chi connectivity index (χ2n) is 6.95. The summed E-state index contributed by atoms with van der Waals surface area (Å²) in [5.74, 6) is 1.90. The van der Waals surface area contributed by atoms with Gasteiger partial charge in [0.15, 0.2) is 16.3 Å². The molecule has 7 heteroatoms. The van der Waals surface area contributed by atoms with E-state index in [0.29, 0.717) is 23.3 Å². The minimum absolute atomic E-state index is 0.436. The maximum absolute atomic E-state index is 5.57. The molecule has 0 N–H and O–H groups in total. The van der Waals surface area contributed by atoms with Gasteiger partial charge in [-0.2, -0.15) is 0 Å². The molecule has 1 aliphatic rings. The van der Waals surface area contributed by atoms with E-state index in [9.17, 15) is 0 Å². The first-order valence-corrected chi connectivity index (χ1v) is 10.6. The summed E-state index contributed by atoms with van der Waals surface area (Å²) in [6.07, 6.45) is 8.36. The maximum atomic E-state index is 5.57. The Hall–Kier alpha value is -2.80. The highest BCUT2D eigenvalue weighted by molar-refractivity contribution is 7.07. The monoisotopic (exact) mass is 411 g/mol. The molecule has 0 spiro atoms. The lowest BCUT2D eigenvalue weighted by Crippen LogP contribution is -2.20. The summed E-state index contributed by atoms with van der Waals surface area (Å²) in [4.78, 5) is 10.1. The molecule has 1 fully saturated rings. The number of methoxy groups -OCH3 is 3. The summed E-state index contributed by atoms with van der Waals surface area (Å²) >= 11 is 1.65. The van der Waals surface area contributed by atoms with Crippen molar-refractivity contribution in [1.29, 1.82) is 0 Å². The average molecular weight is 412 g/mol. The van der Waals surface area contributed by atoms with E-state index < -0.39 is 0 Å². The van der Waals surface area contributed by atoms with Gasteiger partial charge in [-0.3, -0.25) is 4.98 Å². The molecular weight excluding hydrogens is 386 g/mol. The highest BCUT2D eigenvalue weighted by Gasteiger charge is 2.23. The molecule has 2 heterocycles. The zero-order valence-electron chi connectivity index (χ0n) is 16.9. The van der Waals surface area contributed by atoms with Gasteiger partial charge < -0.3 is 18.8 Å². The predicted octanol–water partition coefficient (Wildman–Crippen LogP) is 4.98. The van der Waals surface area contributed by atoms with Crippen LogP contribution in [-0.2, 0) is 0 Å². The fourth-order valence-corrected chi connectivity index (χ4v) is 4.87. The van der Waals surface area contributed by atoms with E-state index in [1.54, 1.807) is 45.1 Å². The van der Waals surface area contributed by atoms with Crippen LogP contribution in [0.3, 0.4) is 0 Å². The molecule has 6 nitrogen and oxygen atoms in total. The third-order valence-electron chi connectivity index (χ3n) is 5.26. The summed E-state index contributed by atoms with van der Waals surface area (Å²) in [6.45, 7) is 0. The van der Waals surface area contributed by atoms with Crippen molar-refractivity contribution in [2.24, 2.45) is 4.99 Å². The molecule has 1 aliphatic carbocycles. The van der Waals surface area contributed by atoms with Crippen molar-refractivity contribution in [2.45, 2.75) is 31.7 Å². The lowest BCUT2D eigenvalue weighted by atomic mass is 10.1. The molecule has 0 aliphatic heterocycles. The van der Waals surface area contributed by atoms with Crippen molar-refractivity contribution in [3.8, 4) is 28.5 Å². The second kappa shape index (κ2) is 8.69. The Bertz CT molecular complexity index is 1010. The molecule has 0 bridgehead atoms. The van der Waals surface area contributed by atoms with E-state index in [1.165, 1.54) is 12.8 Å². The number of thiazole rings is 1. The fraction of sp³-hybridized carbons (Fsp3) is 0.364. The third kappa shape index (κ3) is 3.87. The van der Waals surface area contributed by atoms with E-state index in [1.807, 2.05) is 24.3 Å². The van der Waals surface area contributed by atoms with Crippen molar-refractivity contribution < 1.29 is 14.2 Å². The fourth-order valence-electron chi connectivity index (χ4n) is 3.89. The van der Waals surface area contributed by atoms with E-state index in [-0.39, 0.29) is 0 Å². The van der Waals surface area contributed by atoms with E-state index in [2.05, 4.69) is 14.9 Å². The van der Waals surface area contributed by atoms with Crippen molar-refractivity contribution >= 4 is 17.0 Å². The largest absolute Gasteiger partial charge is 0.493 e. The van der Waals surface area contributed by atoms with E-state index >= 15 is 0 Å². The number of benzene rings is 1. The zero-order valence-corrected chi connectivity index (χ0v) is 17.7. The number of hydrogen-bond donors (Lipinski definition) is 0. The first kappa shape index (κ1) is 19.5. The van der Waals surface area contributed by atoms with Gasteiger partial charge in [-0.15, -0.1) is 11.3 Å². The number of ether oxygens (including phenoxy) is 3. The molecule has 0 atom stereocenters. The normalized spacial score (nSPS) is 14.9. The molecule has 0 unspecified atom stereocenters. The molecule has 4 rings (SSSR count). The summed E-state index contributed by atoms with van der Waals surface area (Å²) < 4.78 is 19.0. The van der Waals surface area contributed by atoms with E-state index in [4.69, 9.17) is 19.2 Å². The highest BCUT2D eigenvalue weighted by atomic mass is 32.1. The summed E-state index contributed by atoms with van der Waals surface area (Å²) in [5.41, 5.74) is 3.00. The first-order chi connectivity index (χ1) is 14.2. The van der Waals surface area contributed by atoms with Gasteiger partial charge in [-0.1, -0.05) is 12.8 Å². The minimum Gasteiger partial charge on any atom is -0.493 e. The smallest absolute Gasteiger partial charge is 0.203 e. The van der Waals surface area contributed by atoms with Crippen molar-refractivity contribution in [3.63, 3.8) is 0 Å². The molecule has 0 amide bonds. The topological polar surface area (TPSA) is 57.9 Å². The number of aromatic nitrogens is 2. The van der Waals surface area contributed by atoms with Crippen LogP contribution in [0.1, 0.15) is 31.7 Å². The first-order valence-electron chi connectivity index (χ1n) is 9.70. The Morgan fingerprint density at radius 1 is 1.07 bits per heavy atom. The van der Waals surface area contributed by atoms with Crippen LogP contribution >= 0.6 is 11.3 Å². The average Bonchev–Trinajstić information content (AvgIpc) is 3.43. The molecule has 1 aromatic carbocycles. The SMILES string of the molecule is COc1cc(-c2csc(=Nc3cccnc3)n2C2CCCC2)cc(OC)c1OC. The predicted molar refractivity (Wildman–Crippen MR) is 114 cm³/mol. The van der Waals surface area contributed by atoms with Gasteiger partial charge in [0.1, 0.15) is 0 Å². The van der Waals surface area contributed by atoms with Crippen LogP contribution in [-0.4, -0.2) is 30.9 Å². The van der Waals surface area contributed by atoms with Gasteiger partial charge in [-0.05, 0) is 37.1 Å². The maximum Gasteiger partial charge on any atom is 0.203 e. The second-order valence-corrected chi connectivity index (χ2v) is 7.79. The van der Waals surface area contributed by atoms with Gasteiger partial charge in [-0.25, -0.2) is 4.99 Å². The molecule has 0 saturated heterocycles. The van der Waals surface area contributed by atoms with Crippen molar-refractivity contribution in [2.75, 3.05) is 21.3 Å². The molecule has 0 radical (unpaired) electrons. The van der Waals surface area contributed by atoms with Gasteiger partial charge in [0.25, 0.3) is 0 Å². The van der Waals surface area contributed by atoms with Crippen LogP contribution in [0, 0.1) is 0 Å². The van der Waals surface area contributed by atoms with Crippen LogP contribution < -0.4 is 19.0 Å². The Morgan fingerprint density at radius 2 is 1.79 bits per heavy atom. The summed E-state index contributed by atoms with van der Waals surface area (Å²) in [7, 11) is 4.90. The van der Waals surface area contributed by atoms with Gasteiger partial charge in [0.05, 0.1) is 38.9 Å². The van der Waals surface area contributed by atoms with Crippen LogP contribution in [0.15, 0.2) is 47.0 Å². The minimum atomic E-state index is 0.436.